The summed E-state index contributed by atoms with van der Waals surface area (Å²) in [6, 6.07) is 6.39. The van der Waals surface area contributed by atoms with E-state index in [1.807, 2.05) is 6.20 Å². The van der Waals surface area contributed by atoms with Crippen molar-refractivity contribution in [3.8, 4) is 0 Å². The van der Waals surface area contributed by atoms with Crippen molar-refractivity contribution < 1.29 is 8.42 Å². The van der Waals surface area contributed by atoms with Crippen LogP contribution in [-0.4, -0.2) is 45.3 Å². The number of aromatic nitrogens is 4. The Morgan fingerprint density at radius 1 is 1.04 bits per heavy atom. The van der Waals surface area contributed by atoms with Crippen molar-refractivity contribution in [2.24, 2.45) is 7.05 Å². The highest BCUT2D eigenvalue weighted by Gasteiger charge is 2.33. The van der Waals surface area contributed by atoms with Gasteiger partial charge in [0.15, 0.2) is 5.65 Å². The van der Waals surface area contributed by atoms with E-state index in [4.69, 9.17) is 4.98 Å². The Hall–Kier alpha value is -2.32. The summed E-state index contributed by atoms with van der Waals surface area (Å²) in [5, 5.41) is 1.19. The molecule has 1 aliphatic heterocycles. The molecule has 0 unspecified atom stereocenters. The van der Waals surface area contributed by atoms with Gasteiger partial charge in [0.1, 0.15) is 0 Å². The van der Waals surface area contributed by atoms with Crippen LogP contribution in [0.15, 0.2) is 41.9 Å². The number of hydrogen-bond acceptors (Lipinski definition) is 5. The van der Waals surface area contributed by atoms with Crippen LogP contribution in [-0.2, 0) is 17.1 Å². The summed E-state index contributed by atoms with van der Waals surface area (Å²) in [5.41, 5.74) is 3.10. The second-order valence-corrected chi connectivity index (χ2v) is 9.66. The van der Waals surface area contributed by atoms with Crippen LogP contribution in [0.1, 0.15) is 48.8 Å². The van der Waals surface area contributed by atoms with Gasteiger partial charge in [0.05, 0.1) is 0 Å². The van der Waals surface area contributed by atoms with E-state index < -0.39 is 10.0 Å². The summed E-state index contributed by atoms with van der Waals surface area (Å²) in [6.45, 7) is 0.960. The van der Waals surface area contributed by atoms with Crippen LogP contribution < -0.4 is 0 Å². The van der Waals surface area contributed by atoms with Crippen molar-refractivity contribution >= 4 is 21.1 Å². The van der Waals surface area contributed by atoms with Gasteiger partial charge < -0.3 is 4.57 Å². The smallest absolute Gasteiger partial charge is 0.276 e. The van der Waals surface area contributed by atoms with Crippen LogP contribution in [0.4, 0.5) is 0 Å². The standard InChI is InChI=1S/C20H23N5O2S/c1-24-11-8-21-20(24)28(26,27)25-9-6-15(7-10-25)18-5-4-16-12-17(14-2-3-14)13-22-19(16)23-18/h4-5,8,11-15H,2-3,6-7,9-10H2,1H3. The third kappa shape index (κ3) is 3.10. The fourth-order valence-corrected chi connectivity index (χ4v) is 5.56. The van der Waals surface area contributed by atoms with Crippen molar-refractivity contribution in [3.05, 3.63) is 48.0 Å². The average Bonchev–Trinajstić information content (AvgIpc) is 3.47. The molecule has 2 aliphatic rings. The second kappa shape index (κ2) is 6.63. The number of aryl methyl sites for hydroxylation is 1. The molecule has 3 aromatic heterocycles. The van der Waals surface area contributed by atoms with Gasteiger partial charge in [-0.25, -0.2) is 23.4 Å². The van der Waals surface area contributed by atoms with Gasteiger partial charge in [-0.15, -0.1) is 0 Å². The Balaban J connectivity index is 1.32. The Morgan fingerprint density at radius 2 is 1.82 bits per heavy atom. The number of rotatable bonds is 4. The summed E-state index contributed by atoms with van der Waals surface area (Å²) < 4.78 is 28.7. The minimum Gasteiger partial charge on any atom is -0.324 e. The lowest BCUT2D eigenvalue weighted by Gasteiger charge is -2.30. The molecular weight excluding hydrogens is 374 g/mol. The fourth-order valence-electron chi connectivity index (χ4n) is 4.02. The average molecular weight is 398 g/mol. The molecule has 0 bridgehead atoms. The van der Waals surface area contributed by atoms with E-state index in [1.54, 1.807) is 17.8 Å². The predicted octanol–water partition coefficient (Wildman–Crippen LogP) is 2.81. The van der Waals surface area contributed by atoms with Gasteiger partial charge in [-0.2, -0.15) is 4.31 Å². The molecule has 0 N–H and O–H groups in total. The molecule has 1 saturated heterocycles. The summed E-state index contributed by atoms with van der Waals surface area (Å²) in [7, 11) is -1.84. The van der Waals surface area contributed by atoms with Crippen LogP contribution in [0.5, 0.6) is 0 Å². The van der Waals surface area contributed by atoms with Crippen molar-refractivity contribution in [1.82, 2.24) is 23.8 Å². The molecule has 4 heterocycles. The van der Waals surface area contributed by atoms with Crippen molar-refractivity contribution in [2.45, 2.75) is 42.7 Å². The molecule has 3 aromatic rings. The summed E-state index contributed by atoms with van der Waals surface area (Å²) in [5.74, 6) is 0.934. The first-order valence-electron chi connectivity index (χ1n) is 9.76. The molecule has 0 amide bonds. The van der Waals surface area contributed by atoms with Crippen molar-refractivity contribution in [2.75, 3.05) is 13.1 Å². The first kappa shape index (κ1) is 17.8. The van der Waals surface area contributed by atoms with Gasteiger partial charge >= 0.3 is 0 Å². The second-order valence-electron chi connectivity index (χ2n) is 7.82. The SMILES string of the molecule is Cn1ccnc1S(=O)(=O)N1CCC(c2ccc3cc(C4CC4)cnc3n2)CC1. The van der Waals surface area contributed by atoms with E-state index in [0.717, 1.165) is 29.6 Å². The molecule has 2 fully saturated rings. The minimum atomic E-state index is -3.54. The third-order valence-electron chi connectivity index (χ3n) is 5.85. The molecule has 0 atom stereocenters. The molecule has 1 aliphatic carbocycles. The zero-order valence-corrected chi connectivity index (χ0v) is 16.6. The number of sulfonamides is 1. The summed E-state index contributed by atoms with van der Waals surface area (Å²) in [4.78, 5) is 13.4. The van der Waals surface area contributed by atoms with Crippen molar-refractivity contribution in [1.29, 1.82) is 0 Å². The molecule has 0 aromatic carbocycles. The van der Waals surface area contributed by atoms with Gasteiger partial charge in [-0.1, -0.05) is 0 Å². The maximum atomic E-state index is 12.8. The largest absolute Gasteiger partial charge is 0.324 e. The quantitative estimate of drug-likeness (QED) is 0.676. The number of pyridine rings is 2. The van der Waals surface area contributed by atoms with Gasteiger partial charge in [-0.3, -0.25) is 0 Å². The molecule has 0 spiro atoms. The highest BCUT2D eigenvalue weighted by Crippen LogP contribution is 2.40. The molecule has 5 rings (SSSR count). The lowest BCUT2D eigenvalue weighted by Crippen LogP contribution is -2.39. The Kier molecular flexibility index (Phi) is 4.21. The third-order valence-corrected chi connectivity index (χ3v) is 7.75. The number of fused-ring (bicyclic) bond motifs is 1. The lowest BCUT2D eigenvalue weighted by molar-refractivity contribution is 0.314. The van der Waals surface area contributed by atoms with E-state index >= 15 is 0 Å². The van der Waals surface area contributed by atoms with Gasteiger partial charge in [0.25, 0.3) is 10.0 Å². The van der Waals surface area contributed by atoms with Crippen LogP contribution in [0.25, 0.3) is 11.0 Å². The molecule has 1 saturated carbocycles. The highest BCUT2D eigenvalue weighted by atomic mass is 32.2. The molecule has 0 radical (unpaired) electrons. The first-order valence-corrected chi connectivity index (χ1v) is 11.2. The van der Waals surface area contributed by atoms with Gasteiger partial charge in [0.2, 0.25) is 5.16 Å². The van der Waals surface area contributed by atoms with Crippen LogP contribution in [0.2, 0.25) is 0 Å². The van der Waals surface area contributed by atoms with Gasteiger partial charge in [-0.05, 0) is 55.4 Å². The van der Waals surface area contributed by atoms with Crippen LogP contribution >= 0.6 is 0 Å². The number of piperidine rings is 1. The van der Waals surface area contributed by atoms with E-state index in [0.29, 0.717) is 19.0 Å². The Bertz CT molecular complexity index is 1130. The monoisotopic (exact) mass is 397 g/mol. The van der Waals surface area contributed by atoms with Gasteiger partial charge in [0, 0.05) is 55.7 Å². The lowest BCUT2D eigenvalue weighted by atomic mass is 9.94. The number of nitrogens with zero attached hydrogens (tertiary/aromatic N) is 5. The molecule has 8 heteroatoms. The summed E-state index contributed by atoms with van der Waals surface area (Å²) >= 11 is 0. The maximum Gasteiger partial charge on any atom is 0.276 e. The van der Waals surface area contributed by atoms with Crippen molar-refractivity contribution in [3.63, 3.8) is 0 Å². The highest BCUT2D eigenvalue weighted by molar-refractivity contribution is 7.89. The molecule has 146 valence electrons. The zero-order valence-electron chi connectivity index (χ0n) is 15.8. The summed E-state index contributed by atoms with van der Waals surface area (Å²) in [6.07, 6.45) is 9.15. The van der Waals surface area contributed by atoms with E-state index in [1.165, 1.54) is 28.9 Å². The molecule has 28 heavy (non-hydrogen) atoms. The molecular formula is C20H23N5O2S. The van der Waals surface area contributed by atoms with E-state index in [2.05, 4.69) is 28.2 Å². The Morgan fingerprint density at radius 3 is 2.50 bits per heavy atom. The zero-order chi connectivity index (χ0) is 19.3. The van der Waals surface area contributed by atoms with Crippen LogP contribution in [0, 0.1) is 0 Å². The maximum absolute atomic E-state index is 12.8. The number of imidazole rings is 1. The van der Waals surface area contributed by atoms with E-state index in [-0.39, 0.29) is 11.1 Å². The first-order chi connectivity index (χ1) is 13.5. The van der Waals surface area contributed by atoms with E-state index in [9.17, 15) is 8.42 Å². The normalized spacial score (nSPS) is 19.3. The molecule has 7 nitrogen and oxygen atoms in total. The fraction of sp³-hybridized carbons (Fsp3) is 0.450. The minimum absolute atomic E-state index is 0.102. The number of hydrogen-bond donors (Lipinski definition) is 0. The predicted molar refractivity (Wildman–Crippen MR) is 105 cm³/mol. The Labute approximate surface area is 164 Å². The topological polar surface area (TPSA) is 81.0 Å². The van der Waals surface area contributed by atoms with Crippen LogP contribution in [0.3, 0.4) is 0 Å².